The van der Waals surface area contributed by atoms with Crippen LogP contribution in [0.5, 0.6) is 0 Å². The Hall–Kier alpha value is -2.80. The van der Waals surface area contributed by atoms with E-state index in [1.165, 1.54) is 6.07 Å². The summed E-state index contributed by atoms with van der Waals surface area (Å²) in [5.74, 6) is 0.911. The number of aromatic nitrogens is 4. The number of aryl methyl sites for hydroxylation is 1. The van der Waals surface area contributed by atoms with E-state index >= 15 is 0 Å². The second-order valence-electron chi connectivity index (χ2n) is 5.63. The summed E-state index contributed by atoms with van der Waals surface area (Å²) in [6, 6.07) is 8.65. The molecule has 0 atom stereocenters. The first-order chi connectivity index (χ1) is 11.7. The van der Waals surface area contributed by atoms with Crippen LogP contribution in [-0.4, -0.2) is 26.4 Å². The van der Waals surface area contributed by atoms with Crippen molar-refractivity contribution in [3.05, 3.63) is 53.9 Å². The lowest BCUT2D eigenvalue weighted by molar-refractivity contribution is 0.0769. The second kappa shape index (κ2) is 6.01. The molecule has 122 valence electrons. The fourth-order valence-electron chi connectivity index (χ4n) is 2.70. The number of pyridine rings is 1. The normalized spacial score (nSPS) is 13.6. The minimum Gasteiger partial charge on any atom is -0.372 e. The fourth-order valence-corrected chi connectivity index (χ4v) is 2.70. The number of benzene rings is 1. The molecule has 1 aromatic carbocycles. The van der Waals surface area contributed by atoms with Crippen molar-refractivity contribution in [3.63, 3.8) is 0 Å². The zero-order chi connectivity index (χ0) is 16.5. The summed E-state index contributed by atoms with van der Waals surface area (Å²) in [4.78, 5) is 8.49. The number of hydrogen-bond donors (Lipinski definition) is 1. The molecule has 0 radical (unpaired) electrons. The van der Waals surface area contributed by atoms with E-state index in [9.17, 15) is 4.39 Å². The molecule has 0 saturated heterocycles. The number of hydrogen-bond acceptors (Lipinski definition) is 5. The van der Waals surface area contributed by atoms with Crippen LogP contribution in [-0.2, 0) is 17.9 Å². The number of nitrogens with one attached hydrogen (secondary N) is 1. The van der Waals surface area contributed by atoms with Gasteiger partial charge in [-0.05, 0) is 42.8 Å². The van der Waals surface area contributed by atoms with Crippen molar-refractivity contribution in [2.24, 2.45) is 0 Å². The molecule has 0 saturated carbocycles. The molecule has 4 rings (SSSR count). The van der Waals surface area contributed by atoms with Gasteiger partial charge in [-0.15, -0.1) is 5.10 Å². The molecule has 2 aromatic heterocycles. The Labute approximate surface area is 138 Å². The first-order valence-corrected chi connectivity index (χ1v) is 7.70. The van der Waals surface area contributed by atoms with Crippen molar-refractivity contribution in [2.45, 2.75) is 20.1 Å². The van der Waals surface area contributed by atoms with Gasteiger partial charge in [0.25, 0.3) is 0 Å². The van der Waals surface area contributed by atoms with E-state index in [1.54, 1.807) is 23.0 Å². The molecule has 0 aliphatic carbocycles. The zero-order valence-electron chi connectivity index (χ0n) is 13.2. The molecule has 1 N–H and O–H groups in total. The highest BCUT2D eigenvalue weighted by atomic mass is 19.1. The van der Waals surface area contributed by atoms with Gasteiger partial charge < -0.3 is 10.1 Å². The quantitative estimate of drug-likeness (QED) is 0.802. The van der Waals surface area contributed by atoms with Crippen LogP contribution < -0.4 is 5.32 Å². The van der Waals surface area contributed by atoms with Gasteiger partial charge in [0.15, 0.2) is 5.82 Å². The van der Waals surface area contributed by atoms with Crippen molar-refractivity contribution in [2.75, 3.05) is 11.9 Å². The molecule has 7 heteroatoms. The van der Waals surface area contributed by atoms with Crippen LogP contribution in [0.1, 0.15) is 11.5 Å². The molecule has 3 aromatic rings. The molecule has 0 bridgehead atoms. The van der Waals surface area contributed by atoms with Gasteiger partial charge in [-0.25, -0.2) is 9.07 Å². The molecule has 0 unspecified atom stereocenters. The SMILES string of the molecule is Cc1cc(-c2ccc(Nc3nc4n(n3)CCOC4)cc2F)ccn1. The Bertz CT molecular complexity index is 869. The summed E-state index contributed by atoms with van der Waals surface area (Å²) >= 11 is 0. The molecule has 3 heterocycles. The van der Waals surface area contributed by atoms with Crippen molar-refractivity contribution in [1.29, 1.82) is 0 Å². The van der Waals surface area contributed by atoms with Crippen molar-refractivity contribution in [1.82, 2.24) is 19.7 Å². The molecule has 24 heavy (non-hydrogen) atoms. The highest BCUT2D eigenvalue weighted by Gasteiger charge is 2.14. The smallest absolute Gasteiger partial charge is 0.246 e. The summed E-state index contributed by atoms with van der Waals surface area (Å²) in [6.45, 7) is 3.64. The van der Waals surface area contributed by atoms with Crippen molar-refractivity contribution in [3.8, 4) is 11.1 Å². The maximum absolute atomic E-state index is 14.5. The second-order valence-corrected chi connectivity index (χ2v) is 5.63. The van der Waals surface area contributed by atoms with E-state index in [0.717, 1.165) is 17.1 Å². The van der Waals surface area contributed by atoms with Crippen LogP contribution >= 0.6 is 0 Å². The third-order valence-corrected chi connectivity index (χ3v) is 3.86. The predicted molar refractivity (Wildman–Crippen MR) is 87.3 cm³/mol. The largest absolute Gasteiger partial charge is 0.372 e. The monoisotopic (exact) mass is 325 g/mol. The van der Waals surface area contributed by atoms with E-state index < -0.39 is 0 Å². The first kappa shape index (κ1) is 14.8. The number of nitrogens with zero attached hydrogens (tertiary/aromatic N) is 4. The molecule has 1 aliphatic heterocycles. The summed E-state index contributed by atoms with van der Waals surface area (Å²) in [7, 11) is 0. The van der Waals surface area contributed by atoms with Gasteiger partial charge in [0, 0.05) is 23.1 Å². The van der Waals surface area contributed by atoms with Gasteiger partial charge in [0.2, 0.25) is 5.95 Å². The summed E-state index contributed by atoms with van der Waals surface area (Å²) in [6.07, 6.45) is 1.68. The lowest BCUT2D eigenvalue weighted by Crippen LogP contribution is -2.17. The van der Waals surface area contributed by atoms with Gasteiger partial charge in [-0.3, -0.25) is 4.98 Å². The molecule has 6 nitrogen and oxygen atoms in total. The fraction of sp³-hybridized carbons (Fsp3) is 0.235. The molecule has 0 amide bonds. The minimum atomic E-state index is -0.307. The lowest BCUT2D eigenvalue weighted by atomic mass is 10.1. The lowest BCUT2D eigenvalue weighted by Gasteiger charge is -2.11. The summed E-state index contributed by atoms with van der Waals surface area (Å²) in [5.41, 5.74) is 2.80. The standard InChI is InChI=1S/C17H16FN5O/c1-11-8-12(4-5-19-11)14-3-2-13(9-15(14)18)20-17-21-16-10-24-7-6-23(16)22-17/h2-5,8-9H,6-7,10H2,1H3,(H,20,22). The van der Waals surface area contributed by atoms with Gasteiger partial charge in [0.1, 0.15) is 12.4 Å². The van der Waals surface area contributed by atoms with Crippen LogP contribution in [0, 0.1) is 12.7 Å². The Balaban J connectivity index is 1.59. The predicted octanol–water partition coefficient (Wildman–Crippen LogP) is 3.06. The Morgan fingerprint density at radius 3 is 2.96 bits per heavy atom. The van der Waals surface area contributed by atoms with Gasteiger partial charge in [-0.1, -0.05) is 0 Å². The third kappa shape index (κ3) is 2.85. The minimum absolute atomic E-state index is 0.307. The van der Waals surface area contributed by atoms with Crippen LogP contribution in [0.3, 0.4) is 0 Å². The Morgan fingerprint density at radius 1 is 1.25 bits per heavy atom. The molecule has 0 spiro atoms. The van der Waals surface area contributed by atoms with E-state index in [-0.39, 0.29) is 5.82 Å². The molecular formula is C17H16FN5O. The topological polar surface area (TPSA) is 64.9 Å². The third-order valence-electron chi connectivity index (χ3n) is 3.86. The number of anilines is 2. The first-order valence-electron chi connectivity index (χ1n) is 7.70. The molecule has 1 aliphatic rings. The van der Waals surface area contributed by atoms with Crippen LogP contribution in [0.25, 0.3) is 11.1 Å². The number of ether oxygens (including phenoxy) is 1. The molecule has 0 fully saturated rings. The number of rotatable bonds is 3. The molecular weight excluding hydrogens is 309 g/mol. The highest BCUT2D eigenvalue weighted by Crippen LogP contribution is 2.26. The van der Waals surface area contributed by atoms with E-state index in [2.05, 4.69) is 20.4 Å². The zero-order valence-corrected chi connectivity index (χ0v) is 13.2. The van der Waals surface area contributed by atoms with Crippen LogP contribution in [0.2, 0.25) is 0 Å². The van der Waals surface area contributed by atoms with E-state index in [1.807, 2.05) is 19.1 Å². The van der Waals surface area contributed by atoms with Crippen LogP contribution in [0.4, 0.5) is 16.0 Å². The average Bonchev–Trinajstić information content (AvgIpc) is 2.97. The Kier molecular flexibility index (Phi) is 3.70. The maximum atomic E-state index is 14.5. The van der Waals surface area contributed by atoms with Crippen LogP contribution in [0.15, 0.2) is 36.5 Å². The average molecular weight is 325 g/mol. The van der Waals surface area contributed by atoms with E-state index in [4.69, 9.17) is 4.74 Å². The maximum Gasteiger partial charge on any atom is 0.246 e. The van der Waals surface area contributed by atoms with Gasteiger partial charge in [-0.2, -0.15) is 4.98 Å². The van der Waals surface area contributed by atoms with E-state index in [0.29, 0.717) is 37.0 Å². The number of halogens is 1. The van der Waals surface area contributed by atoms with Crippen molar-refractivity contribution < 1.29 is 9.13 Å². The summed E-state index contributed by atoms with van der Waals surface area (Å²) < 4.78 is 21.6. The summed E-state index contributed by atoms with van der Waals surface area (Å²) in [5, 5.41) is 7.39. The Morgan fingerprint density at radius 2 is 2.17 bits per heavy atom. The number of fused-ring (bicyclic) bond motifs is 1. The van der Waals surface area contributed by atoms with Gasteiger partial charge in [0.05, 0.1) is 13.2 Å². The van der Waals surface area contributed by atoms with Crippen molar-refractivity contribution >= 4 is 11.6 Å². The highest BCUT2D eigenvalue weighted by molar-refractivity contribution is 5.68. The van der Waals surface area contributed by atoms with Gasteiger partial charge >= 0.3 is 0 Å².